The largest absolute Gasteiger partial charge is 2.00 e. The van der Waals surface area contributed by atoms with E-state index in [9.17, 15) is 0 Å². The van der Waals surface area contributed by atoms with Gasteiger partial charge in [-0.25, -0.2) is 0 Å². The second-order valence-electron chi connectivity index (χ2n) is 1.50. The van der Waals surface area contributed by atoms with E-state index in [1.165, 1.54) is 0 Å². The van der Waals surface area contributed by atoms with E-state index in [1.54, 1.807) is 0 Å². The van der Waals surface area contributed by atoms with Crippen LogP contribution < -0.4 is 62.0 Å². The molecular weight excluding hydrogens is 308 g/mol. The van der Waals surface area contributed by atoms with Gasteiger partial charge in [0.2, 0.25) is 0 Å². The van der Waals surface area contributed by atoms with Crippen molar-refractivity contribution >= 4 is 62.6 Å². The molecule has 0 saturated carbocycles. The van der Waals surface area contributed by atoms with Crippen molar-refractivity contribution in [1.82, 2.24) is 10.6 Å². The van der Waals surface area contributed by atoms with Crippen LogP contribution in [0.4, 0.5) is 0 Å². The molecule has 1 rings (SSSR count). The Balaban J connectivity index is -0.00000000571. The van der Waals surface area contributed by atoms with Gasteiger partial charge in [-0.2, -0.15) is 0 Å². The minimum Gasteiger partial charge on any atom is -1.00 e. The number of piperazine rings is 1. The van der Waals surface area contributed by atoms with Crippen LogP contribution >= 0.6 is 24.8 Å². The van der Waals surface area contributed by atoms with Crippen molar-refractivity contribution in [3.8, 4) is 0 Å². The van der Waals surface area contributed by atoms with Gasteiger partial charge in [-0.15, -0.1) is 24.8 Å². The fourth-order valence-electron chi connectivity index (χ4n) is 0.604. The Hall–Kier alpha value is 3.98. The Morgan fingerprint density at radius 2 is 1.00 bits per heavy atom. The quantitative estimate of drug-likeness (QED) is 0.449. The Morgan fingerprint density at radius 3 is 1.08 bits per heavy atom. The van der Waals surface area contributed by atoms with E-state index in [1.807, 2.05) is 0 Å². The summed E-state index contributed by atoms with van der Waals surface area (Å²) < 4.78 is 0. The van der Waals surface area contributed by atoms with Crippen molar-refractivity contribution in [1.29, 1.82) is 0 Å². The van der Waals surface area contributed by atoms with Gasteiger partial charge in [-0.3, -0.25) is 0 Å². The molecule has 0 aromatic carbocycles. The Labute approximate surface area is 176 Å². The second-order valence-corrected chi connectivity index (χ2v) is 1.50. The number of hydrogen-bond donors (Lipinski definition) is 2. The van der Waals surface area contributed by atoms with Gasteiger partial charge >= 0.3 is 89.1 Å². The van der Waals surface area contributed by atoms with E-state index >= 15 is 0 Å². The minimum absolute atomic E-state index is 0. The van der Waals surface area contributed by atoms with E-state index in [0.717, 1.165) is 26.2 Å². The molecule has 4 N–H and O–H groups in total. The van der Waals surface area contributed by atoms with E-state index in [4.69, 9.17) is 0 Å². The van der Waals surface area contributed by atoms with Crippen LogP contribution in [-0.2, 0) is 19.5 Å². The Morgan fingerprint density at radius 1 is 0.833 bits per heavy atom. The van der Waals surface area contributed by atoms with Crippen LogP contribution in [0.1, 0.15) is 4.28 Å². The molecule has 1 heterocycles. The van der Waals surface area contributed by atoms with E-state index < -0.39 is 0 Å². The summed E-state index contributed by atoms with van der Waals surface area (Å²) in [4.78, 5) is 0. The van der Waals surface area contributed by atoms with Crippen LogP contribution in [0.5, 0.6) is 0 Å². The van der Waals surface area contributed by atoms with Crippen LogP contribution in [0.2, 0.25) is 0 Å². The molecule has 0 bridgehead atoms. The molecule has 0 aromatic rings. The molecular formula is C4H17CaCl2KN2OZn. The van der Waals surface area contributed by atoms with Gasteiger partial charge in [-0.1, -0.05) is 0 Å². The first kappa shape index (κ1) is 36.0. The van der Waals surface area contributed by atoms with Crippen molar-refractivity contribution in [3.05, 3.63) is 0 Å². The van der Waals surface area contributed by atoms with Crippen LogP contribution in [0.3, 0.4) is 0 Å². The van der Waals surface area contributed by atoms with Gasteiger partial charge in [0.1, 0.15) is 0 Å². The molecule has 0 radical (unpaired) electrons. The fourth-order valence-corrected chi connectivity index (χ4v) is 0.604. The molecule has 8 heteroatoms. The van der Waals surface area contributed by atoms with Gasteiger partial charge < -0.3 is 20.4 Å². The molecule has 0 aromatic heterocycles. The monoisotopic (exact) mass is 322 g/mol. The standard InChI is InChI=1S/C4H10N2.Ca.2ClH.K.H2O.Zn.3H/c1-2-6-4-3-5-1;;;;;;;;;/h5-6H,1-4H2;;2*1H;;1H2;;;;/q;+2;;;+1;;;3*-1. The smallest absolute Gasteiger partial charge is 1.00 e. The van der Waals surface area contributed by atoms with E-state index in [0.29, 0.717) is 0 Å². The van der Waals surface area contributed by atoms with Crippen LogP contribution in [0.25, 0.3) is 0 Å². The maximum Gasteiger partial charge on any atom is 2.00 e. The summed E-state index contributed by atoms with van der Waals surface area (Å²) in [5.41, 5.74) is 0. The molecule has 0 spiro atoms. The zero-order chi connectivity index (χ0) is 4.24. The minimum atomic E-state index is 0. The predicted octanol–water partition coefficient (Wildman–Crippen LogP) is -3.84. The predicted molar refractivity (Wildman–Crippen MR) is 52.9 cm³/mol. The topological polar surface area (TPSA) is 55.6 Å². The zero-order valence-corrected chi connectivity index (χ0v) is 17.5. The molecule has 0 unspecified atom stereocenters. The third-order valence-electron chi connectivity index (χ3n) is 0.957. The second kappa shape index (κ2) is 29.4. The molecule has 1 aliphatic rings. The van der Waals surface area contributed by atoms with Crippen molar-refractivity contribution < 1.29 is 80.6 Å². The average Bonchev–Trinajstić information content (AvgIpc) is 1.72. The number of rotatable bonds is 0. The van der Waals surface area contributed by atoms with Gasteiger partial charge in [0, 0.05) is 45.7 Å². The first-order chi connectivity index (χ1) is 3.00. The first-order valence-corrected chi connectivity index (χ1v) is 2.41. The van der Waals surface area contributed by atoms with Crippen LogP contribution in [0.15, 0.2) is 0 Å². The summed E-state index contributed by atoms with van der Waals surface area (Å²) in [6.07, 6.45) is 0. The third-order valence-corrected chi connectivity index (χ3v) is 0.957. The maximum atomic E-state index is 3.22. The van der Waals surface area contributed by atoms with Crippen molar-refractivity contribution in [3.63, 3.8) is 0 Å². The molecule has 0 atom stereocenters. The van der Waals surface area contributed by atoms with Gasteiger partial charge in [0.05, 0.1) is 0 Å². The van der Waals surface area contributed by atoms with E-state index in [2.05, 4.69) is 10.6 Å². The summed E-state index contributed by atoms with van der Waals surface area (Å²) in [6, 6.07) is 0. The zero-order valence-electron chi connectivity index (χ0n) is 10.6. The molecule has 1 fully saturated rings. The number of halogens is 2. The summed E-state index contributed by atoms with van der Waals surface area (Å²) >= 11 is 0. The SMILES string of the molecule is C1CNCCN1.Cl.Cl.O.[Ca+2].[H-].[H-].[H-].[K+].[Zn]. The third kappa shape index (κ3) is 23.6. The maximum absolute atomic E-state index is 3.22. The summed E-state index contributed by atoms with van der Waals surface area (Å²) in [5, 5.41) is 6.44. The van der Waals surface area contributed by atoms with E-state index in [-0.39, 0.29) is 143 Å². The molecule has 12 heavy (non-hydrogen) atoms. The first-order valence-electron chi connectivity index (χ1n) is 2.41. The molecule has 0 aliphatic carbocycles. The molecule has 68 valence electrons. The van der Waals surface area contributed by atoms with Gasteiger partial charge in [0.25, 0.3) is 0 Å². The van der Waals surface area contributed by atoms with Crippen molar-refractivity contribution in [2.75, 3.05) is 26.2 Å². The average molecular weight is 325 g/mol. The summed E-state index contributed by atoms with van der Waals surface area (Å²) in [5.74, 6) is 0. The summed E-state index contributed by atoms with van der Waals surface area (Å²) in [7, 11) is 0. The number of hydrogen-bond acceptors (Lipinski definition) is 2. The van der Waals surface area contributed by atoms with Crippen LogP contribution in [0, 0.1) is 0 Å². The molecule has 1 saturated heterocycles. The Bertz CT molecular complexity index is 57.4. The van der Waals surface area contributed by atoms with Gasteiger partial charge in [-0.05, 0) is 0 Å². The van der Waals surface area contributed by atoms with Crippen molar-refractivity contribution in [2.24, 2.45) is 0 Å². The molecule has 1 aliphatic heterocycles. The van der Waals surface area contributed by atoms with Gasteiger partial charge in [0.15, 0.2) is 0 Å². The summed E-state index contributed by atoms with van der Waals surface area (Å²) in [6.45, 7) is 4.56. The normalized spacial score (nSPS) is 12.0. The molecule has 3 nitrogen and oxygen atoms in total. The molecule has 0 amide bonds. The number of nitrogens with one attached hydrogen (secondary N) is 2. The van der Waals surface area contributed by atoms with Crippen molar-refractivity contribution in [2.45, 2.75) is 0 Å². The van der Waals surface area contributed by atoms with Crippen LogP contribution in [-0.4, -0.2) is 69.4 Å². The fraction of sp³-hybridized carbons (Fsp3) is 1.00. The Kier molecular flexibility index (Phi) is 88.2.